The van der Waals surface area contributed by atoms with Gasteiger partial charge in [-0.25, -0.2) is 4.39 Å². The van der Waals surface area contributed by atoms with Crippen molar-refractivity contribution in [2.75, 3.05) is 6.54 Å². The maximum absolute atomic E-state index is 13.3. The quantitative estimate of drug-likeness (QED) is 0.900. The van der Waals surface area contributed by atoms with Crippen LogP contribution in [0.5, 0.6) is 0 Å². The first kappa shape index (κ1) is 11.9. The molecule has 4 heteroatoms. The van der Waals surface area contributed by atoms with Crippen molar-refractivity contribution >= 4 is 21.8 Å². The number of rotatable bonds is 3. The molecular formula is C11H11BrFNO. The van der Waals surface area contributed by atoms with E-state index in [0.29, 0.717) is 4.48 Å². The molecule has 1 aromatic carbocycles. The summed E-state index contributed by atoms with van der Waals surface area (Å²) in [7, 11) is 0. The summed E-state index contributed by atoms with van der Waals surface area (Å²) in [5, 5.41) is 2.53. The van der Waals surface area contributed by atoms with E-state index in [4.69, 9.17) is 0 Å². The normalized spacial score (nSPS) is 9.80. The minimum absolute atomic E-state index is 0.0503. The maximum atomic E-state index is 13.3. The second-order valence-electron chi connectivity index (χ2n) is 3.18. The molecule has 1 rings (SSSR count). The van der Waals surface area contributed by atoms with Crippen LogP contribution in [0.2, 0.25) is 0 Å². The molecule has 0 aromatic heterocycles. The van der Waals surface area contributed by atoms with Crippen LogP contribution < -0.4 is 5.32 Å². The summed E-state index contributed by atoms with van der Waals surface area (Å²) < 4.78 is 14.0. The van der Waals surface area contributed by atoms with Crippen LogP contribution >= 0.6 is 15.9 Å². The SMILES string of the molecule is C=C(Br)CNC(=O)c1ccc(C)cc1F. The Morgan fingerprint density at radius 3 is 2.80 bits per heavy atom. The van der Waals surface area contributed by atoms with Gasteiger partial charge in [0, 0.05) is 11.0 Å². The summed E-state index contributed by atoms with van der Waals surface area (Å²) in [6, 6.07) is 4.50. The lowest BCUT2D eigenvalue weighted by atomic mass is 10.1. The summed E-state index contributed by atoms with van der Waals surface area (Å²) in [6.45, 7) is 5.62. The van der Waals surface area contributed by atoms with Crippen molar-refractivity contribution in [1.29, 1.82) is 0 Å². The fourth-order valence-corrected chi connectivity index (χ4v) is 1.22. The Bertz CT molecular complexity index is 404. The molecule has 0 bridgehead atoms. The predicted octanol–water partition coefficient (Wildman–Crippen LogP) is 2.77. The molecule has 1 N–H and O–H groups in total. The number of aryl methyl sites for hydroxylation is 1. The number of carbonyl (C=O) groups excluding carboxylic acids is 1. The molecule has 0 atom stereocenters. The van der Waals surface area contributed by atoms with Crippen molar-refractivity contribution in [3.63, 3.8) is 0 Å². The Hall–Kier alpha value is -1.16. The second-order valence-corrected chi connectivity index (χ2v) is 4.30. The average Bonchev–Trinajstić information content (AvgIpc) is 2.14. The maximum Gasteiger partial charge on any atom is 0.254 e. The van der Waals surface area contributed by atoms with Crippen molar-refractivity contribution in [3.05, 3.63) is 46.2 Å². The molecule has 0 aliphatic rings. The second kappa shape index (κ2) is 5.07. The first-order valence-electron chi connectivity index (χ1n) is 4.38. The van der Waals surface area contributed by atoms with Gasteiger partial charge < -0.3 is 5.32 Å². The van der Waals surface area contributed by atoms with E-state index in [1.54, 1.807) is 13.0 Å². The molecule has 0 fully saturated rings. The fraction of sp³-hybridized carbons (Fsp3) is 0.182. The summed E-state index contributed by atoms with van der Waals surface area (Å²) in [4.78, 5) is 11.5. The highest BCUT2D eigenvalue weighted by molar-refractivity contribution is 9.11. The zero-order valence-electron chi connectivity index (χ0n) is 8.31. The van der Waals surface area contributed by atoms with Gasteiger partial charge in [0.15, 0.2) is 0 Å². The first-order valence-corrected chi connectivity index (χ1v) is 5.17. The summed E-state index contributed by atoms with van der Waals surface area (Å²) in [5.41, 5.74) is 0.836. The average molecular weight is 272 g/mol. The third-order valence-electron chi connectivity index (χ3n) is 1.81. The highest BCUT2D eigenvalue weighted by Crippen LogP contribution is 2.09. The molecule has 0 spiro atoms. The number of nitrogens with one attached hydrogen (secondary N) is 1. The van der Waals surface area contributed by atoms with Crippen molar-refractivity contribution in [1.82, 2.24) is 5.32 Å². The zero-order chi connectivity index (χ0) is 11.4. The van der Waals surface area contributed by atoms with Gasteiger partial charge >= 0.3 is 0 Å². The van der Waals surface area contributed by atoms with Crippen LogP contribution in [0.4, 0.5) is 4.39 Å². The molecule has 0 aliphatic heterocycles. The van der Waals surface area contributed by atoms with E-state index in [0.717, 1.165) is 5.56 Å². The highest BCUT2D eigenvalue weighted by Gasteiger charge is 2.10. The van der Waals surface area contributed by atoms with Crippen LogP contribution in [-0.2, 0) is 0 Å². The number of hydrogen-bond donors (Lipinski definition) is 1. The minimum Gasteiger partial charge on any atom is -0.347 e. The van der Waals surface area contributed by atoms with Crippen molar-refractivity contribution in [2.24, 2.45) is 0 Å². The molecule has 1 amide bonds. The lowest BCUT2D eigenvalue weighted by Crippen LogP contribution is -2.25. The topological polar surface area (TPSA) is 29.1 Å². The van der Waals surface area contributed by atoms with Gasteiger partial charge in [-0.1, -0.05) is 28.6 Å². The molecule has 0 unspecified atom stereocenters. The summed E-state index contributed by atoms with van der Waals surface area (Å²) >= 11 is 3.10. The Kier molecular flexibility index (Phi) is 4.03. The van der Waals surface area contributed by atoms with Crippen molar-refractivity contribution < 1.29 is 9.18 Å². The number of halogens is 2. The molecule has 0 aliphatic carbocycles. The van der Waals surface area contributed by atoms with Gasteiger partial charge in [0.1, 0.15) is 5.82 Å². The van der Waals surface area contributed by atoms with E-state index in [9.17, 15) is 9.18 Å². The lowest BCUT2D eigenvalue weighted by Gasteiger charge is -2.05. The first-order chi connectivity index (χ1) is 7.00. The van der Waals surface area contributed by atoms with E-state index >= 15 is 0 Å². The Labute approximate surface area is 96.3 Å². The third kappa shape index (κ3) is 3.47. The molecule has 0 saturated carbocycles. The van der Waals surface area contributed by atoms with Crippen LogP contribution in [0.3, 0.4) is 0 Å². The standard InChI is InChI=1S/C11H11BrFNO/c1-7-3-4-9(10(13)5-7)11(15)14-6-8(2)12/h3-5H,2,6H2,1H3,(H,14,15). The Morgan fingerprint density at radius 2 is 2.27 bits per heavy atom. The molecule has 0 radical (unpaired) electrons. The van der Waals surface area contributed by atoms with Crippen molar-refractivity contribution in [3.8, 4) is 0 Å². The Morgan fingerprint density at radius 1 is 1.60 bits per heavy atom. The highest BCUT2D eigenvalue weighted by atomic mass is 79.9. The van der Waals surface area contributed by atoms with E-state index in [-0.39, 0.29) is 12.1 Å². The van der Waals surface area contributed by atoms with Gasteiger partial charge in [0.25, 0.3) is 5.91 Å². The van der Waals surface area contributed by atoms with Crippen LogP contribution in [0.1, 0.15) is 15.9 Å². The molecule has 80 valence electrons. The lowest BCUT2D eigenvalue weighted by molar-refractivity contribution is 0.0954. The van der Waals surface area contributed by atoms with Crippen LogP contribution in [0, 0.1) is 12.7 Å². The van der Waals surface area contributed by atoms with Gasteiger partial charge in [0.2, 0.25) is 0 Å². The Balaban J connectivity index is 2.78. The molecule has 15 heavy (non-hydrogen) atoms. The van der Waals surface area contributed by atoms with Gasteiger partial charge in [-0.2, -0.15) is 0 Å². The van der Waals surface area contributed by atoms with E-state index < -0.39 is 11.7 Å². The minimum atomic E-state index is -0.507. The molecule has 0 heterocycles. The van der Waals surface area contributed by atoms with Crippen molar-refractivity contribution in [2.45, 2.75) is 6.92 Å². The van der Waals surface area contributed by atoms with Crippen LogP contribution in [-0.4, -0.2) is 12.5 Å². The number of hydrogen-bond acceptors (Lipinski definition) is 1. The van der Waals surface area contributed by atoms with E-state index in [1.165, 1.54) is 12.1 Å². The smallest absolute Gasteiger partial charge is 0.254 e. The van der Waals surface area contributed by atoms with E-state index in [2.05, 4.69) is 27.8 Å². The van der Waals surface area contributed by atoms with Crippen LogP contribution in [0.25, 0.3) is 0 Å². The number of amides is 1. The molecule has 2 nitrogen and oxygen atoms in total. The zero-order valence-corrected chi connectivity index (χ0v) is 9.90. The van der Waals surface area contributed by atoms with Gasteiger partial charge in [-0.05, 0) is 24.6 Å². The fourth-order valence-electron chi connectivity index (χ4n) is 1.08. The number of benzene rings is 1. The van der Waals surface area contributed by atoms with E-state index in [1.807, 2.05) is 0 Å². The third-order valence-corrected chi connectivity index (χ3v) is 2.09. The number of carbonyl (C=O) groups is 1. The van der Waals surface area contributed by atoms with Crippen LogP contribution in [0.15, 0.2) is 29.3 Å². The summed E-state index contributed by atoms with van der Waals surface area (Å²) in [6.07, 6.45) is 0. The molecular weight excluding hydrogens is 261 g/mol. The monoisotopic (exact) mass is 271 g/mol. The predicted molar refractivity (Wildman–Crippen MR) is 61.5 cm³/mol. The largest absolute Gasteiger partial charge is 0.347 e. The van der Waals surface area contributed by atoms with Gasteiger partial charge in [0.05, 0.1) is 5.56 Å². The van der Waals surface area contributed by atoms with Gasteiger partial charge in [-0.3, -0.25) is 4.79 Å². The molecule has 0 saturated heterocycles. The molecule has 1 aromatic rings. The summed E-state index contributed by atoms with van der Waals surface area (Å²) in [5.74, 6) is -0.944. The van der Waals surface area contributed by atoms with Gasteiger partial charge in [-0.15, -0.1) is 0 Å².